The Morgan fingerprint density at radius 1 is 1.52 bits per heavy atom. The first-order valence-electron chi connectivity index (χ1n) is 6.64. The molecule has 1 N–H and O–H groups in total. The topological polar surface area (TPSA) is 75.5 Å². The van der Waals surface area contributed by atoms with E-state index in [2.05, 4.69) is 5.32 Å². The highest BCUT2D eigenvalue weighted by molar-refractivity contribution is 7.98. The molecule has 0 saturated carbocycles. The van der Waals surface area contributed by atoms with E-state index in [9.17, 15) is 14.9 Å². The number of nitro groups is 1. The van der Waals surface area contributed by atoms with Crippen LogP contribution in [0.5, 0.6) is 0 Å². The van der Waals surface area contributed by atoms with Crippen LogP contribution in [0, 0.1) is 10.1 Å². The molecule has 0 fully saturated rings. The van der Waals surface area contributed by atoms with Gasteiger partial charge >= 0.3 is 0 Å². The standard InChI is InChI=1S/C14H21N3O3S/c1-10(7-8-21-4)16(3)14(18)11-5-6-13(17(19)20)12(9-11)15-2/h5-6,9-10,15H,7-8H2,1-4H3. The highest BCUT2D eigenvalue weighted by Crippen LogP contribution is 2.25. The number of thioether (sulfide) groups is 1. The van der Waals surface area contributed by atoms with Crippen molar-refractivity contribution >= 4 is 29.0 Å². The summed E-state index contributed by atoms with van der Waals surface area (Å²) in [5, 5.41) is 13.6. The molecule has 0 saturated heterocycles. The maximum atomic E-state index is 12.4. The Hall–Kier alpha value is -1.76. The third kappa shape index (κ3) is 4.35. The SMILES string of the molecule is CNc1cc(C(=O)N(C)C(C)CCSC)ccc1[N+](=O)[O-]. The van der Waals surface area contributed by atoms with E-state index in [-0.39, 0.29) is 17.6 Å². The van der Waals surface area contributed by atoms with Crippen molar-refractivity contribution < 1.29 is 9.72 Å². The van der Waals surface area contributed by atoms with E-state index in [1.54, 1.807) is 30.8 Å². The number of hydrogen-bond acceptors (Lipinski definition) is 5. The summed E-state index contributed by atoms with van der Waals surface area (Å²) in [6, 6.07) is 4.51. The predicted molar refractivity (Wildman–Crippen MR) is 87.2 cm³/mol. The Labute approximate surface area is 129 Å². The number of benzene rings is 1. The van der Waals surface area contributed by atoms with Crippen LogP contribution in [0.25, 0.3) is 0 Å². The fourth-order valence-electron chi connectivity index (χ4n) is 1.91. The molecular weight excluding hydrogens is 290 g/mol. The van der Waals surface area contributed by atoms with Gasteiger partial charge in [0.05, 0.1) is 4.92 Å². The number of carbonyl (C=O) groups excluding carboxylic acids is 1. The average Bonchev–Trinajstić information content (AvgIpc) is 2.50. The van der Waals surface area contributed by atoms with E-state index in [1.165, 1.54) is 18.2 Å². The number of nitrogens with zero attached hydrogens (tertiary/aromatic N) is 2. The van der Waals surface area contributed by atoms with Gasteiger partial charge in [0.2, 0.25) is 0 Å². The molecule has 21 heavy (non-hydrogen) atoms. The van der Waals surface area contributed by atoms with Crippen molar-refractivity contribution in [2.45, 2.75) is 19.4 Å². The van der Waals surface area contributed by atoms with Gasteiger partial charge in [-0.1, -0.05) is 0 Å². The summed E-state index contributed by atoms with van der Waals surface area (Å²) in [7, 11) is 3.36. The summed E-state index contributed by atoms with van der Waals surface area (Å²) >= 11 is 1.74. The van der Waals surface area contributed by atoms with Crippen LogP contribution in [-0.4, -0.2) is 47.9 Å². The minimum atomic E-state index is -0.467. The van der Waals surface area contributed by atoms with E-state index in [4.69, 9.17) is 0 Å². The maximum absolute atomic E-state index is 12.4. The van der Waals surface area contributed by atoms with Crippen molar-refractivity contribution in [3.63, 3.8) is 0 Å². The minimum absolute atomic E-state index is 0.0351. The summed E-state index contributed by atoms with van der Waals surface area (Å²) in [6.07, 6.45) is 2.94. The van der Waals surface area contributed by atoms with Gasteiger partial charge in [0.1, 0.15) is 5.69 Å². The molecule has 7 heteroatoms. The largest absolute Gasteiger partial charge is 0.383 e. The lowest BCUT2D eigenvalue weighted by Crippen LogP contribution is -2.35. The van der Waals surface area contributed by atoms with Crippen molar-refractivity contribution in [3.05, 3.63) is 33.9 Å². The highest BCUT2D eigenvalue weighted by Gasteiger charge is 2.20. The van der Waals surface area contributed by atoms with Crippen LogP contribution in [0.1, 0.15) is 23.7 Å². The van der Waals surface area contributed by atoms with Crippen LogP contribution < -0.4 is 5.32 Å². The third-order valence-corrected chi connectivity index (χ3v) is 4.07. The van der Waals surface area contributed by atoms with Crippen molar-refractivity contribution in [1.29, 1.82) is 0 Å². The van der Waals surface area contributed by atoms with Gasteiger partial charge < -0.3 is 10.2 Å². The molecule has 1 aromatic rings. The van der Waals surface area contributed by atoms with Crippen LogP contribution in [0.4, 0.5) is 11.4 Å². The highest BCUT2D eigenvalue weighted by atomic mass is 32.2. The van der Waals surface area contributed by atoms with E-state index >= 15 is 0 Å². The molecular formula is C14H21N3O3S. The van der Waals surface area contributed by atoms with Gasteiger partial charge in [-0.05, 0) is 37.5 Å². The zero-order valence-corrected chi connectivity index (χ0v) is 13.6. The monoisotopic (exact) mass is 311 g/mol. The second kappa shape index (κ2) is 7.87. The molecule has 1 rings (SSSR count). The molecule has 0 spiro atoms. The van der Waals surface area contributed by atoms with Gasteiger partial charge in [-0.15, -0.1) is 0 Å². The Kier molecular flexibility index (Phi) is 6.48. The van der Waals surface area contributed by atoms with Gasteiger partial charge in [0.15, 0.2) is 0 Å². The van der Waals surface area contributed by atoms with Crippen LogP contribution in [-0.2, 0) is 0 Å². The normalized spacial score (nSPS) is 11.8. The molecule has 6 nitrogen and oxygen atoms in total. The van der Waals surface area contributed by atoms with Crippen LogP contribution in [0.3, 0.4) is 0 Å². The van der Waals surface area contributed by atoms with Gasteiger partial charge in [-0.3, -0.25) is 14.9 Å². The van der Waals surface area contributed by atoms with Crippen LogP contribution in [0.15, 0.2) is 18.2 Å². The van der Waals surface area contributed by atoms with Crippen LogP contribution >= 0.6 is 11.8 Å². The number of carbonyl (C=O) groups is 1. The quantitative estimate of drug-likeness (QED) is 0.619. The van der Waals surface area contributed by atoms with Gasteiger partial charge in [-0.25, -0.2) is 0 Å². The number of nitrogens with one attached hydrogen (secondary N) is 1. The van der Waals surface area contributed by atoms with E-state index in [1.807, 2.05) is 13.2 Å². The number of nitro benzene ring substituents is 1. The summed E-state index contributed by atoms with van der Waals surface area (Å²) < 4.78 is 0. The molecule has 0 aromatic heterocycles. The van der Waals surface area contributed by atoms with E-state index in [0.717, 1.165) is 12.2 Å². The first-order valence-corrected chi connectivity index (χ1v) is 8.04. The first-order chi connectivity index (χ1) is 9.92. The summed E-state index contributed by atoms with van der Waals surface area (Å²) in [5.74, 6) is 0.857. The second-order valence-electron chi connectivity index (χ2n) is 4.79. The number of anilines is 1. The molecule has 0 aliphatic carbocycles. The lowest BCUT2D eigenvalue weighted by molar-refractivity contribution is -0.383. The van der Waals surface area contributed by atoms with Crippen molar-refractivity contribution in [3.8, 4) is 0 Å². The number of amides is 1. The van der Waals surface area contributed by atoms with Gasteiger partial charge in [0, 0.05) is 31.8 Å². The Balaban J connectivity index is 2.94. The third-order valence-electron chi connectivity index (χ3n) is 3.43. The number of hydrogen-bond donors (Lipinski definition) is 1. The molecule has 1 atom stereocenters. The Bertz CT molecular complexity index is 522. The van der Waals surface area contributed by atoms with Crippen molar-refractivity contribution in [2.24, 2.45) is 0 Å². The first kappa shape index (κ1) is 17.3. The molecule has 0 radical (unpaired) electrons. The molecule has 0 bridgehead atoms. The van der Waals surface area contributed by atoms with Crippen molar-refractivity contribution in [1.82, 2.24) is 4.90 Å². The van der Waals surface area contributed by atoms with Gasteiger partial charge in [-0.2, -0.15) is 11.8 Å². The van der Waals surface area contributed by atoms with Gasteiger partial charge in [0.25, 0.3) is 11.6 Å². The molecule has 0 aliphatic heterocycles. The fraction of sp³-hybridized carbons (Fsp3) is 0.500. The smallest absolute Gasteiger partial charge is 0.292 e. The second-order valence-corrected chi connectivity index (χ2v) is 5.77. The lowest BCUT2D eigenvalue weighted by atomic mass is 10.1. The van der Waals surface area contributed by atoms with E-state index < -0.39 is 4.92 Å². The maximum Gasteiger partial charge on any atom is 0.292 e. The Morgan fingerprint density at radius 3 is 2.71 bits per heavy atom. The zero-order valence-electron chi connectivity index (χ0n) is 12.8. The molecule has 1 amide bonds. The molecule has 1 unspecified atom stereocenters. The lowest BCUT2D eigenvalue weighted by Gasteiger charge is -2.25. The average molecular weight is 311 g/mol. The summed E-state index contributed by atoms with van der Waals surface area (Å²) in [6.45, 7) is 2.00. The molecule has 0 aliphatic rings. The summed E-state index contributed by atoms with van der Waals surface area (Å²) in [4.78, 5) is 24.5. The molecule has 116 valence electrons. The minimum Gasteiger partial charge on any atom is -0.383 e. The Morgan fingerprint density at radius 2 is 2.19 bits per heavy atom. The summed E-state index contributed by atoms with van der Waals surface area (Å²) in [5.41, 5.74) is 0.756. The predicted octanol–water partition coefficient (Wildman–Crippen LogP) is 2.85. The van der Waals surface area contributed by atoms with Crippen LogP contribution in [0.2, 0.25) is 0 Å². The molecule has 0 heterocycles. The molecule has 1 aromatic carbocycles. The zero-order chi connectivity index (χ0) is 16.0. The fourth-order valence-corrected chi connectivity index (χ4v) is 2.49. The number of rotatable bonds is 7. The van der Waals surface area contributed by atoms with E-state index in [0.29, 0.717) is 11.3 Å². The van der Waals surface area contributed by atoms with Crippen molar-refractivity contribution in [2.75, 3.05) is 31.4 Å².